The van der Waals surface area contributed by atoms with Crippen molar-refractivity contribution in [2.24, 2.45) is 0 Å². The lowest BCUT2D eigenvalue weighted by molar-refractivity contribution is -0.384. The van der Waals surface area contributed by atoms with Crippen LogP contribution in [0.5, 0.6) is 5.75 Å². The van der Waals surface area contributed by atoms with Crippen molar-refractivity contribution in [1.82, 2.24) is 0 Å². The number of nitrogens with zero attached hydrogens (tertiary/aromatic N) is 1. The van der Waals surface area contributed by atoms with Crippen molar-refractivity contribution in [2.75, 3.05) is 0 Å². The first-order valence-corrected chi connectivity index (χ1v) is 5.76. The summed E-state index contributed by atoms with van der Waals surface area (Å²) in [4.78, 5) is 9.83. The van der Waals surface area contributed by atoms with Crippen LogP contribution in [0, 0.1) is 15.9 Å². The van der Waals surface area contributed by atoms with Gasteiger partial charge in [-0.2, -0.15) is 0 Å². The van der Waals surface area contributed by atoms with Gasteiger partial charge in [-0.05, 0) is 11.6 Å². The molecule has 2 aromatic carbocycles. The lowest BCUT2D eigenvalue weighted by Crippen LogP contribution is -1.99. The van der Waals surface area contributed by atoms with E-state index >= 15 is 0 Å². The van der Waals surface area contributed by atoms with Gasteiger partial charge >= 0.3 is 0 Å². The molecule has 4 nitrogen and oxygen atoms in total. The van der Waals surface area contributed by atoms with Crippen molar-refractivity contribution in [1.29, 1.82) is 0 Å². The van der Waals surface area contributed by atoms with Gasteiger partial charge in [0.1, 0.15) is 6.61 Å². The Morgan fingerprint density at radius 1 is 1.21 bits per heavy atom. The van der Waals surface area contributed by atoms with E-state index in [1.807, 2.05) is 30.3 Å². The highest BCUT2D eigenvalue weighted by atomic mass is 35.5. The fraction of sp³-hybridized carbons (Fsp3) is 0.0769. The van der Waals surface area contributed by atoms with E-state index < -0.39 is 21.5 Å². The summed E-state index contributed by atoms with van der Waals surface area (Å²) in [7, 11) is 0. The fourth-order valence-corrected chi connectivity index (χ4v) is 1.73. The number of hydrogen-bond acceptors (Lipinski definition) is 3. The second kappa shape index (κ2) is 5.67. The zero-order chi connectivity index (χ0) is 13.8. The van der Waals surface area contributed by atoms with E-state index in [1.54, 1.807) is 0 Å². The SMILES string of the molecule is O=[N+]([O-])c1ccc(OCc2ccccc2)c(F)c1Cl. The standard InChI is InChI=1S/C13H9ClFNO3/c14-12-10(16(17)18)6-7-11(13(12)15)19-8-9-4-2-1-3-5-9/h1-7H,8H2. The predicted octanol–water partition coefficient (Wildman–Crippen LogP) is 3.97. The molecule has 0 amide bonds. The Labute approximate surface area is 113 Å². The Kier molecular flexibility index (Phi) is 3.97. The van der Waals surface area contributed by atoms with E-state index in [0.29, 0.717) is 0 Å². The molecule has 0 saturated carbocycles. The Morgan fingerprint density at radius 3 is 2.53 bits per heavy atom. The number of ether oxygens (including phenoxy) is 1. The Bertz CT molecular complexity index is 604. The summed E-state index contributed by atoms with van der Waals surface area (Å²) in [6.45, 7) is 0.159. The molecule has 0 radical (unpaired) electrons. The molecule has 6 heteroatoms. The van der Waals surface area contributed by atoms with Crippen LogP contribution in [0.2, 0.25) is 5.02 Å². The zero-order valence-electron chi connectivity index (χ0n) is 9.68. The van der Waals surface area contributed by atoms with Gasteiger partial charge in [-0.3, -0.25) is 10.1 Å². The smallest absolute Gasteiger partial charge is 0.291 e. The molecule has 0 heterocycles. The second-order valence-corrected chi connectivity index (χ2v) is 4.12. The minimum Gasteiger partial charge on any atom is -0.486 e. The number of benzene rings is 2. The molecule has 0 fully saturated rings. The van der Waals surface area contributed by atoms with Crippen molar-refractivity contribution in [3.05, 3.63) is 69.0 Å². The van der Waals surface area contributed by atoms with Crippen molar-refractivity contribution in [2.45, 2.75) is 6.61 Å². The lowest BCUT2D eigenvalue weighted by Gasteiger charge is -2.08. The van der Waals surface area contributed by atoms with Crippen molar-refractivity contribution >= 4 is 17.3 Å². The molecule has 0 atom stereocenters. The molecule has 0 unspecified atom stereocenters. The quantitative estimate of drug-likeness (QED) is 0.629. The van der Waals surface area contributed by atoms with Gasteiger partial charge in [-0.25, -0.2) is 4.39 Å². The van der Waals surface area contributed by atoms with Crippen LogP contribution in [-0.4, -0.2) is 4.92 Å². The summed E-state index contributed by atoms with van der Waals surface area (Å²) < 4.78 is 19.0. The van der Waals surface area contributed by atoms with Crippen LogP contribution in [0.4, 0.5) is 10.1 Å². The summed E-state index contributed by atoms with van der Waals surface area (Å²) in [5, 5.41) is 10.0. The number of rotatable bonds is 4. The molecule has 0 aliphatic carbocycles. The van der Waals surface area contributed by atoms with E-state index in [1.165, 1.54) is 6.07 Å². The monoisotopic (exact) mass is 281 g/mol. The number of nitro groups is 1. The molecule has 0 spiro atoms. The molecular weight excluding hydrogens is 273 g/mol. The highest BCUT2D eigenvalue weighted by molar-refractivity contribution is 6.32. The zero-order valence-corrected chi connectivity index (χ0v) is 10.4. The third kappa shape index (κ3) is 3.00. The Morgan fingerprint density at radius 2 is 1.89 bits per heavy atom. The summed E-state index contributed by atoms with van der Waals surface area (Å²) in [6.07, 6.45) is 0. The molecule has 0 N–H and O–H groups in total. The third-order valence-electron chi connectivity index (χ3n) is 2.46. The fourth-order valence-electron chi connectivity index (χ4n) is 1.51. The first-order valence-electron chi connectivity index (χ1n) is 5.38. The van der Waals surface area contributed by atoms with E-state index in [4.69, 9.17) is 16.3 Å². The maximum absolute atomic E-state index is 13.8. The topological polar surface area (TPSA) is 52.4 Å². The van der Waals surface area contributed by atoms with Gasteiger partial charge in [0.05, 0.1) is 4.92 Å². The molecule has 19 heavy (non-hydrogen) atoms. The van der Waals surface area contributed by atoms with E-state index in [-0.39, 0.29) is 12.4 Å². The molecule has 0 saturated heterocycles. The normalized spacial score (nSPS) is 10.2. The van der Waals surface area contributed by atoms with Crippen LogP contribution < -0.4 is 4.74 Å². The van der Waals surface area contributed by atoms with Gasteiger partial charge in [-0.15, -0.1) is 0 Å². The number of halogens is 2. The molecule has 98 valence electrons. The highest BCUT2D eigenvalue weighted by Crippen LogP contribution is 2.33. The average Bonchev–Trinajstić information content (AvgIpc) is 2.41. The summed E-state index contributed by atoms with van der Waals surface area (Å²) in [5.41, 5.74) is 0.377. The Balaban J connectivity index is 2.18. The summed E-state index contributed by atoms with van der Waals surface area (Å²) in [5.74, 6) is -1.04. The predicted molar refractivity (Wildman–Crippen MR) is 68.8 cm³/mol. The van der Waals surface area contributed by atoms with Crippen LogP contribution >= 0.6 is 11.6 Å². The molecule has 0 aliphatic rings. The van der Waals surface area contributed by atoms with Crippen LogP contribution in [0.3, 0.4) is 0 Å². The molecular formula is C13H9ClFNO3. The number of nitro benzene ring substituents is 1. The largest absolute Gasteiger partial charge is 0.486 e. The number of hydrogen-bond donors (Lipinski definition) is 0. The van der Waals surface area contributed by atoms with Gasteiger partial charge < -0.3 is 4.74 Å². The van der Waals surface area contributed by atoms with Crippen molar-refractivity contribution < 1.29 is 14.1 Å². The maximum Gasteiger partial charge on any atom is 0.291 e. The first-order chi connectivity index (χ1) is 9.09. The first kappa shape index (κ1) is 13.3. The van der Waals surface area contributed by atoms with Crippen LogP contribution in [0.25, 0.3) is 0 Å². The van der Waals surface area contributed by atoms with Crippen molar-refractivity contribution in [3.63, 3.8) is 0 Å². The average molecular weight is 282 g/mol. The molecule has 0 aliphatic heterocycles. The van der Waals surface area contributed by atoms with E-state index in [9.17, 15) is 14.5 Å². The molecule has 0 bridgehead atoms. The molecule has 0 aromatic heterocycles. The van der Waals surface area contributed by atoms with Gasteiger partial charge in [0.15, 0.2) is 16.6 Å². The van der Waals surface area contributed by atoms with Crippen LogP contribution in [0.1, 0.15) is 5.56 Å². The van der Waals surface area contributed by atoms with E-state index in [0.717, 1.165) is 11.6 Å². The van der Waals surface area contributed by atoms with Gasteiger partial charge in [0.2, 0.25) is 0 Å². The molecule has 2 rings (SSSR count). The minimum atomic E-state index is -0.924. The lowest BCUT2D eigenvalue weighted by atomic mass is 10.2. The van der Waals surface area contributed by atoms with Gasteiger partial charge in [0, 0.05) is 6.07 Å². The van der Waals surface area contributed by atoms with Gasteiger partial charge in [-0.1, -0.05) is 41.9 Å². The second-order valence-electron chi connectivity index (χ2n) is 3.74. The maximum atomic E-state index is 13.8. The van der Waals surface area contributed by atoms with Gasteiger partial charge in [0.25, 0.3) is 5.69 Å². The van der Waals surface area contributed by atoms with E-state index in [2.05, 4.69) is 0 Å². The molecule has 2 aromatic rings. The minimum absolute atomic E-state index is 0.112. The Hall–Kier alpha value is -2.14. The van der Waals surface area contributed by atoms with Crippen LogP contribution in [0.15, 0.2) is 42.5 Å². The van der Waals surface area contributed by atoms with Crippen LogP contribution in [-0.2, 0) is 6.61 Å². The third-order valence-corrected chi connectivity index (χ3v) is 2.82. The highest BCUT2D eigenvalue weighted by Gasteiger charge is 2.20. The summed E-state index contributed by atoms with van der Waals surface area (Å²) >= 11 is 5.58. The van der Waals surface area contributed by atoms with Crippen molar-refractivity contribution in [3.8, 4) is 5.75 Å². The summed E-state index contributed by atoms with van der Waals surface area (Å²) in [6, 6.07) is 11.5.